The number of pyridine rings is 3. The molecule has 216 valence electrons. The molecule has 0 amide bonds. The molecule has 0 bridgehead atoms. The van der Waals surface area contributed by atoms with Gasteiger partial charge in [0.15, 0.2) is 12.4 Å². The molecular weight excluding hydrogens is 498 g/mol. The van der Waals surface area contributed by atoms with E-state index in [9.17, 15) is 0 Å². The molecule has 0 radical (unpaired) electrons. The third kappa shape index (κ3) is 6.15. The summed E-state index contributed by atoms with van der Waals surface area (Å²) in [6.07, 6.45) is 12.3. The van der Waals surface area contributed by atoms with Crippen LogP contribution in [0.3, 0.4) is 0 Å². The van der Waals surface area contributed by atoms with E-state index in [1.165, 1.54) is 22.3 Å². The molecule has 0 aliphatic rings. The first-order valence-corrected chi connectivity index (χ1v) is 15.0. The van der Waals surface area contributed by atoms with Crippen LogP contribution >= 0.6 is 0 Å². The molecule has 41 heavy (non-hydrogen) atoms. The average Bonchev–Trinajstić information content (AvgIpc) is 2.96. The van der Waals surface area contributed by atoms with Crippen LogP contribution < -0.4 is 4.57 Å². The number of hydrogen-bond acceptors (Lipinski definition) is 2. The summed E-state index contributed by atoms with van der Waals surface area (Å²) in [5.74, 6) is 0. The fraction of sp³-hybridized carbons (Fsp3) is 0.447. The molecule has 3 heterocycles. The third-order valence-corrected chi connectivity index (χ3v) is 10.1. The minimum absolute atomic E-state index is 0.0304. The highest BCUT2D eigenvalue weighted by Crippen LogP contribution is 2.43. The van der Waals surface area contributed by atoms with Crippen molar-refractivity contribution < 1.29 is 4.57 Å². The summed E-state index contributed by atoms with van der Waals surface area (Å²) in [4.78, 5) is 9.27. The normalized spacial score (nSPS) is 14.5. The van der Waals surface area contributed by atoms with Crippen molar-refractivity contribution in [1.82, 2.24) is 9.97 Å². The Labute approximate surface area is 249 Å². The molecule has 0 aliphatic carbocycles. The van der Waals surface area contributed by atoms with E-state index >= 15 is 0 Å². The molecule has 4 rings (SSSR count). The summed E-state index contributed by atoms with van der Waals surface area (Å²) in [7, 11) is 0. The van der Waals surface area contributed by atoms with Crippen molar-refractivity contribution in [1.29, 1.82) is 0 Å². The largest absolute Gasteiger partial charge is 0.264 e. The molecule has 1 atom stereocenters. The van der Waals surface area contributed by atoms with Gasteiger partial charge in [0.2, 0.25) is 5.54 Å². The molecule has 0 fully saturated rings. The van der Waals surface area contributed by atoms with E-state index in [-0.39, 0.29) is 27.2 Å². The van der Waals surface area contributed by atoms with Gasteiger partial charge < -0.3 is 0 Å². The van der Waals surface area contributed by atoms with E-state index in [0.29, 0.717) is 0 Å². The minimum atomic E-state index is -0.286. The fourth-order valence-corrected chi connectivity index (χ4v) is 5.82. The lowest BCUT2D eigenvalue weighted by Crippen LogP contribution is -2.55. The maximum absolute atomic E-state index is 4.86. The number of rotatable bonds is 9. The van der Waals surface area contributed by atoms with Gasteiger partial charge in [0.05, 0.1) is 0 Å². The topological polar surface area (TPSA) is 29.7 Å². The van der Waals surface area contributed by atoms with E-state index in [4.69, 9.17) is 4.98 Å². The number of benzene rings is 1. The van der Waals surface area contributed by atoms with Crippen molar-refractivity contribution >= 4 is 0 Å². The van der Waals surface area contributed by atoms with Crippen molar-refractivity contribution in [2.45, 2.75) is 109 Å². The predicted octanol–water partition coefficient (Wildman–Crippen LogP) is 8.84. The van der Waals surface area contributed by atoms with Crippen LogP contribution in [-0.2, 0) is 27.2 Å². The molecule has 1 unspecified atom stereocenters. The van der Waals surface area contributed by atoms with E-state index in [0.717, 1.165) is 18.5 Å². The van der Waals surface area contributed by atoms with Crippen LogP contribution in [-0.4, -0.2) is 9.97 Å². The van der Waals surface area contributed by atoms with Gasteiger partial charge in [-0.2, -0.15) is 4.57 Å². The van der Waals surface area contributed by atoms with Crippen LogP contribution in [0.15, 0.2) is 97.7 Å². The summed E-state index contributed by atoms with van der Waals surface area (Å²) in [5.41, 5.74) is 6.12. The Morgan fingerprint density at radius 1 is 0.561 bits per heavy atom. The lowest BCUT2D eigenvalue weighted by molar-refractivity contribution is -0.752. The molecule has 0 aliphatic heterocycles. The van der Waals surface area contributed by atoms with E-state index < -0.39 is 0 Å². The standard InChI is InChI=1S/C38H50N3/c1-34(2,3)29-16-18-30(19-17-29)35(4,5)22-23-38(10,33-15-11-12-25-40-33)41-26-20-31(21-27-41)36(6,7)37(8,9)32-14-13-24-39-28-32/h11-21,24-28H,22-23H2,1-10H3/q+1. The van der Waals surface area contributed by atoms with E-state index in [2.05, 4.69) is 146 Å². The smallest absolute Gasteiger partial charge is 0.206 e. The molecule has 1 aromatic carbocycles. The Kier molecular flexibility index (Phi) is 8.33. The van der Waals surface area contributed by atoms with Gasteiger partial charge in [-0.05, 0) is 63.1 Å². The van der Waals surface area contributed by atoms with Crippen molar-refractivity contribution in [2.75, 3.05) is 0 Å². The van der Waals surface area contributed by atoms with E-state index in [1.807, 2.05) is 30.7 Å². The Hall–Kier alpha value is -3.33. The summed E-state index contributed by atoms with van der Waals surface area (Å²) in [5, 5.41) is 0. The van der Waals surface area contributed by atoms with Crippen LogP contribution in [0.1, 0.15) is 110 Å². The molecule has 3 nitrogen and oxygen atoms in total. The zero-order chi connectivity index (χ0) is 30.1. The number of nitrogens with zero attached hydrogens (tertiary/aromatic N) is 3. The Morgan fingerprint density at radius 3 is 1.71 bits per heavy atom. The highest BCUT2D eigenvalue weighted by molar-refractivity contribution is 5.34. The number of hydrogen-bond donors (Lipinski definition) is 0. The van der Waals surface area contributed by atoms with Crippen LogP contribution in [0.5, 0.6) is 0 Å². The zero-order valence-electron chi connectivity index (χ0n) is 27.0. The van der Waals surface area contributed by atoms with Crippen molar-refractivity contribution in [3.05, 3.63) is 126 Å². The van der Waals surface area contributed by atoms with Crippen LogP contribution in [0.25, 0.3) is 0 Å². The van der Waals surface area contributed by atoms with Crippen molar-refractivity contribution in [2.24, 2.45) is 0 Å². The first-order valence-electron chi connectivity index (χ1n) is 15.0. The molecule has 0 saturated carbocycles. The highest BCUT2D eigenvalue weighted by atomic mass is 15.0. The van der Waals surface area contributed by atoms with Gasteiger partial charge in [-0.3, -0.25) is 9.97 Å². The quantitative estimate of drug-likeness (QED) is 0.196. The minimum Gasteiger partial charge on any atom is -0.264 e. The van der Waals surface area contributed by atoms with Crippen molar-refractivity contribution in [3.63, 3.8) is 0 Å². The molecule has 3 heteroatoms. The van der Waals surface area contributed by atoms with Crippen LogP contribution in [0.4, 0.5) is 0 Å². The lowest BCUT2D eigenvalue weighted by Gasteiger charge is -2.42. The molecule has 3 aromatic heterocycles. The SMILES string of the molecule is CC(C)(C)c1ccc(C(C)(C)CCC(C)(c2ccccn2)[n+]2ccc(C(C)(C)C(C)(C)c3cccnc3)cc2)cc1. The summed E-state index contributed by atoms with van der Waals surface area (Å²) in [6.45, 7) is 23.2. The lowest BCUT2D eigenvalue weighted by atomic mass is 9.61. The first kappa shape index (κ1) is 30.6. The maximum Gasteiger partial charge on any atom is 0.206 e. The molecule has 0 spiro atoms. The fourth-order valence-electron chi connectivity index (χ4n) is 5.82. The molecule has 0 saturated heterocycles. The van der Waals surface area contributed by atoms with Gasteiger partial charge in [-0.1, -0.05) is 98.7 Å². The van der Waals surface area contributed by atoms with Gasteiger partial charge in [0, 0.05) is 49.5 Å². The Balaban J connectivity index is 1.65. The third-order valence-electron chi connectivity index (χ3n) is 10.1. The monoisotopic (exact) mass is 548 g/mol. The summed E-state index contributed by atoms with van der Waals surface area (Å²) < 4.78 is 2.37. The van der Waals surface area contributed by atoms with Gasteiger partial charge in [-0.25, -0.2) is 0 Å². The molecular formula is C38H50N3+. The van der Waals surface area contributed by atoms with E-state index in [1.54, 1.807) is 0 Å². The summed E-state index contributed by atoms with van der Waals surface area (Å²) >= 11 is 0. The van der Waals surface area contributed by atoms with Crippen LogP contribution in [0.2, 0.25) is 0 Å². The molecule has 4 aromatic rings. The second-order valence-corrected chi connectivity index (χ2v) is 14.7. The Morgan fingerprint density at radius 2 is 1.17 bits per heavy atom. The second kappa shape index (κ2) is 11.2. The first-order chi connectivity index (χ1) is 19.1. The van der Waals surface area contributed by atoms with Crippen LogP contribution in [0, 0.1) is 0 Å². The van der Waals surface area contributed by atoms with Gasteiger partial charge in [0.25, 0.3) is 0 Å². The average molecular weight is 549 g/mol. The number of aromatic nitrogens is 3. The second-order valence-electron chi connectivity index (χ2n) is 14.7. The van der Waals surface area contributed by atoms with Gasteiger partial charge >= 0.3 is 0 Å². The van der Waals surface area contributed by atoms with Gasteiger partial charge in [-0.15, -0.1) is 0 Å². The highest BCUT2D eigenvalue weighted by Gasteiger charge is 2.43. The summed E-state index contributed by atoms with van der Waals surface area (Å²) in [6, 6.07) is 24.4. The predicted molar refractivity (Wildman–Crippen MR) is 171 cm³/mol. The van der Waals surface area contributed by atoms with Crippen molar-refractivity contribution in [3.8, 4) is 0 Å². The van der Waals surface area contributed by atoms with Gasteiger partial charge in [0.1, 0.15) is 5.69 Å². The molecule has 0 N–H and O–H groups in total. The maximum atomic E-state index is 4.86. The Bertz CT molecular complexity index is 1410. The zero-order valence-corrected chi connectivity index (χ0v) is 27.0.